The molecule has 1 fully saturated rings. The maximum Gasteiger partial charge on any atom is 0.135 e. The molecule has 2 heterocycles. The number of halogens is 1. The number of nitrogens with one attached hydrogen (secondary N) is 1. The Morgan fingerprint density at radius 2 is 2.13 bits per heavy atom. The Labute approximate surface area is 142 Å². The van der Waals surface area contributed by atoms with Crippen LogP contribution in [0.15, 0.2) is 34.7 Å². The molecule has 1 aromatic rings. The van der Waals surface area contributed by atoms with Gasteiger partial charge in [-0.2, -0.15) is 0 Å². The number of rotatable bonds is 1. The average Bonchev–Trinajstić information content (AvgIpc) is 2.64. The van der Waals surface area contributed by atoms with Gasteiger partial charge in [-0.25, -0.2) is 5.48 Å². The molecule has 4 aliphatic rings. The second kappa shape index (κ2) is 5.20. The topological polar surface area (TPSA) is 30.5 Å². The minimum absolute atomic E-state index is 0.113. The molecule has 1 unspecified atom stereocenters. The molecule has 1 saturated heterocycles. The van der Waals surface area contributed by atoms with Crippen LogP contribution in [0.3, 0.4) is 0 Å². The standard InChI is InChI=1S/C19H22ClNO2/c1-11-13-10-14-15(8-12(22-3)9-16(14)20)19(2)7-5-4-6-17(11)23-21-18(13)19/h8-9,21H,4-7,10H2,1-3H3. The minimum atomic E-state index is -0.113. The van der Waals surface area contributed by atoms with E-state index in [0.717, 1.165) is 42.2 Å². The number of hydrogen-bond donors (Lipinski definition) is 1. The van der Waals surface area contributed by atoms with Crippen LogP contribution >= 0.6 is 11.6 Å². The van der Waals surface area contributed by atoms with E-state index in [1.165, 1.54) is 34.4 Å². The second-order valence-electron chi connectivity index (χ2n) is 6.96. The lowest BCUT2D eigenvalue weighted by Crippen LogP contribution is -2.40. The molecule has 1 atom stereocenters. The molecular weight excluding hydrogens is 310 g/mol. The van der Waals surface area contributed by atoms with E-state index in [2.05, 4.69) is 25.4 Å². The molecule has 4 bridgehead atoms. The molecule has 4 heteroatoms. The van der Waals surface area contributed by atoms with E-state index in [0.29, 0.717) is 0 Å². The van der Waals surface area contributed by atoms with Gasteiger partial charge in [0.05, 0.1) is 12.8 Å². The normalized spacial score (nSPS) is 25.9. The third-order valence-corrected chi connectivity index (χ3v) is 6.02. The van der Waals surface area contributed by atoms with Crippen LogP contribution in [0, 0.1) is 0 Å². The highest BCUT2D eigenvalue weighted by atomic mass is 35.5. The first kappa shape index (κ1) is 14.9. The fourth-order valence-corrected chi connectivity index (χ4v) is 4.52. The van der Waals surface area contributed by atoms with Crippen molar-refractivity contribution in [2.45, 2.75) is 51.4 Å². The summed E-state index contributed by atoms with van der Waals surface area (Å²) in [4.78, 5) is 5.89. The van der Waals surface area contributed by atoms with Crippen molar-refractivity contribution >= 4 is 11.6 Å². The van der Waals surface area contributed by atoms with E-state index >= 15 is 0 Å². The van der Waals surface area contributed by atoms with Gasteiger partial charge in [0.1, 0.15) is 11.5 Å². The fourth-order valence-electron chi connectivity index (χ4n) is 4.25. The Morgan fingerprint density at radius 3 is 2.91 bits per heavy atom. The zero-order valence-electron chi connectivity index (χ0n) is 13.9. The first-order valence-electron chi connectivity index (χ1n) is 8.28. The summed E-state index contributed by atoms with van der Waals surface area (Å²) in [5.41, 5.74) is 9.51. The third-order valence-electron chi connectivity index (χ3n) is 5.68. The molecule has 23 heavy (non-hydrogen) atoms. The van der Waals surface area contributed by atoms with E-state index in [1.807, 2.05) is 6.07 Å². The summed E-state index contributed by atoms with van der Waals surface area (Å²) in [5, 5.41) is 0.803. The predicted octanol–water partition coefficient (Wildman–Crippen LogP) is 4.80. The molecule has 1 N–H and O–H groups in total. The monoisotopic (exact) mass is 331 g/mol. The summed E-state index contributed by atoms with van der Waals surface area (Å²) in [5.74, 6) is 1.91. The summed E-state index contributed by atoms with van der Waals surface area (Å²) in [7, 11) is 1.69. The van der Waals surface area contributed by atoms with Crippen LogP contribution < -0.4 is 10.2 Å². The SMILES string of the molecule is COc1cc(Cl)c2c(c1)C1(C)CCCCC3=C(C)C(=C1NO3)C2. The molecule has 0 saturated carbocycles. The number of hydroxylamine groups is 1. The van der Waals surface area contributed by atoms with E-state index in [1.54, 1.807) is 7.11 Å². The van der Waals surface area contributed by atoms with Crippen molar-refractivity contribution in [1.29, 1.82) is 0 Å². The number of ether oxygens (including phenoxy) is 1. The summed E-state index contributed by atoms with van der Waals surface area (Å²) in [6, 6.07) is 4.08. The van der Waals surface area contributed by atoms with Gasteiger partial charge in [0, 0.05) is 23.3 Å². The predicted molar refractivity (Wildman–Crippen MR) is 91.5 cm³/mol. The molecule has 2 aliphatic carbocycles. The first-order valence-corrected chi connectivity index (χ1v) is 8.66. The molecule has 0 spiro atoms. The highest BCUT2D eigenvalue weighted by Gasteiger charge is 2.43. The van der Waals surface area contributed by atoms with Crippen molar-refractivity contribution in [2.24, 2.45) is 0 Å². The first-order chi connectivity index (χ1) is 11.0. The highest BCUT2D eigenvalue weighted by Crippen LogP contribution is 2.50. The van der Waals surface area contributed by atoms with Crippen LogP contribution in [0.5, 0.6) is 5.75 Å². The van der Waals surface area contributed by atoms with E-state index in [4.69, 9.17) is 21.2 Å². The van der Waals surface area contributed by atoms with Crippen molar-refractivity contribution < 1.29 is 9.57 Å². The van der Waals surface area contributed by atoms with E-state index < -0.39 is 0 Å². The van der Waals surface area contributed by atoms with Gasteiger partial charge in [-0.05, 0) is 61.1 Å². The molecular formula is C19H22ClNO2. The summed E-state index contributed by atoms with van der Waals surface area (Å²) in [6.07, 6.45) is 5.26. The molecule has 3 nitrogen and oxygen atoms in total. The largest absolute Gasteiger partial charge is 0.497 e. The van der Waals surface area contributed by atoms with Crippen LogP contribution in [0.25, 0.3) is 0 Å². The molecule has 0 aromatic heterocycles. The van der Waals surface area contributed by atoms with E-state index in [9.17, 15) is 0 Å². The zero-order valence-corrected chi connectivity index (χ0v) is 14.6. The van der Waals surface area contributed by atoms with Gasteiger partial charge < -0.3 is 9.57 Å². The Kier molecular flexibility index (Phi) is 3.38. The van der Waals surface area contributed by atoms with Crippen LogP contribution in [0.2, 0.25) is 5.02 Å². The van der Waals surface area contributed by atoms with Crippen LogP contribution in [-0.2, 0) is 16.7 Å². The van der Waals surface area contributed by atoms with Gasteiger partial charge >= 0.3 is 0 Å². The van der Waals surface area contributed by atoms with Crippen LogP contribution in [-0.4, -0.2) is 7.11 Å². The van der Waals surface area contributed by atoms with E-state index in [-0.39, 0.29) is 5.41 Å². The average molecular weight is 332 g/mol. The van der Waals surface area contributed by atoms with Gasteiger partial charge in [0.25, 0.3) is 0 Å². The summed E-state index contributed by atoms with van der Waals surface area (Å²) in [6.45, 7) is 4.48. The Bertz CT molecular complexity index is 750. The van der Waals surface area contributed by atoms with Crippen molar-refractivity contribution in [3.8, 4) is 5.75 Å². The van der Waals surface area contributed by atoms with Gasteiger partial charge in [0.15, 0.2) is 0 Å². The van der Waals surface area contributed by atoms with Gasteiger partial charge in [-0.15, -0.1) is 0 Å². The molecule has 2 aliphatic heterocycles. The van der Waals surface area contributed by atoms with Gasteiger partial charge in [0.2, 0.25) is 0 Å². The highest BCUT2D eigenvalue weighted by molar-refractivity contribution is 6.31. The summed E-state index contributed by atoms with van der Waals surface area (Å²) >= 11 is 6.61. The van der Waals surface area contributed by atoms with Crippen molar-refractivity contribution in [2.75, 3.05) is 7.11 Å². The molecule has 0 radical (unpaired) electrons. The van der Waals surface area contributed by atoms with Crippen molar-refractivity contribution in [3.63, 3.8) is 0 Å². The Balaban J connectivity index is 1.98. The number of benzene rings is 1. The number of fused-ring (bicyclic) bond motifs is 5. The quantitative estimate of drug-likeness (QED) is 0.801. The van der Waals surface area contributed by atoms with Gasteiger partial charge in [-0.1, -0.05) is 18.0 Å². The smallest absolute Gasteiger partial charge is 0.135 e. The Hall–Kier alpha value is -1.61. The lowest BCUT2D eigenvalue weighted by Gasteiger charge is -2.42. The maximum atomic E-state index is 6.61. The van der Waals surface area contributed by atoms with Gasteiger partial charge in [-0.3, -0.25) is 0 Å². The minimum Gasteiger partial charge on any atom is -0.497 e. The molecule has 0 amide bonds. The summed E-state index contributed by atoms with van der Waals surface area (Å²) < 4.78 is 5.46. The number of allylic oxidation sites excluding steroid dienone is 4. The molecule has 5 rings (SSSR count). The lowest BCUT2D eigenvalue weighted by molar-refractivity contribution is 0.103. The molecule has 122 valence electrons. The number of hydrogen-bond acceptors (Lipinski definition) is 3. The zero-order chi connectivity index (χ0) is 16.2. The van der Waals surface area contributed by atoms with Crippen molar-refractivity contribution in [1.82, 2.24) is 5.48 Å². The third kappa shape index (κ3) is 2.09. The number of methoxy groups -OCH3 is 1. The van der Waals surface area contributed by atoms with Crippen LogP contribution in [0.1, 0.15) is 50.7 Å². The molecule has 1 aromatic carbocycles. The van der Waals surface area contributed by atoms with Crippen LogP contribution in [0.4, 0.5) is 0 Å². The fraction of sp³-hybridized carbons (Fsp3) is 0.474. The van der Waals surface area contributed by atoms with Crippen molar-refractivity contribution in [3.05, 3.63) is 50.9 Å². The Morgan fingerprint density at radius 1 is 1.30 bits per heavy atom. The lowest BCUT2D eigenvalue weighted by atomic mass is 9.67. The second-order valence-corrected chi connectivity index (χ2v) is 7.36. The maximum absolute atomic E-state index is 6.61.